The Bertz CT molecular complexity index is 862. The molecule has 0 saturated carbocycles. The SMILES string of the molecule is O=C1C(=Cc2cc(Br)cs2)NC(=S)N1c1ccc(OC(F)(F)F)cc1. The minimum absolute atomic E-state index is 0.149. The largest absolute Gasteiger partial charge is 0.573 e. The van der Waals surface area contributed by atoms with Crippen molar-refractivity contribution in [1.29, 1.82) is 0 Å². The van der Waals surface area contributed by atoms with E-state index >= 15 is 0 Å². The number of ether oxygens (including phenoxy) is 1. The van der Waals surface area contributed by atoms with Crippen LogP contribution in [0, 0.1) is 0 Å². The quantitative estimate of drug-likeness (QED) is 0.547. The molecular weight excluding hydrogens is 441 g/mol. The van der Waals surface area contributed by atoms with Gasteiger partial charge < -0.3 is 10.1 Å². The molecule has 1 amide bonds. The van der Waals surface area contributed by atoms with Crippen molar-refractivity contribution in [2.45, 2.75) is 6.36 Å². The molecule has 1 aliphatic rings. The number of halogens is 4. The maximum absolute atomic E-state index is 12.5. The van der Waals surface area contributed by atoms with Gasteiger partial charge in [0.25, 0.3) is 5.91 Å². The molecule has 0 atom stereocenters. The van der Waals surface area contributed by atoms with E-state index in [0.717, 1.165) is 21.5 Å². The fourth-order valence-electron chi connectivity index (χ4n) is 2.11. The van der Waals surface area contributed by atoms with Crippen LogP contribution in [0.25, 0.3) is 6.08 Å². The van der Waals surface area contributed by atoms with Gasteiger partial charge in [0.05, 0.1) is 5.69 Å². The molecule has 1 fully saturated rings. The molecule has 0 spiro atoms. The Balaban J connectivity index is 1.82. The molecule has 0 aliphatic carbocycles. The first-order valence-electron chi connectivity index (χ1n) is 6.70. The normalized spacial score (nSPS) is 16.5. The third kappa shape index (κ3) is 4.20. The van der Waals surface area contributed by atoms with Gasteiger partial charge in [0.15, 0.2) is 5.11 Å². The Morgan fingerprint density at radius 2 is 1.96 bits per heavy atom. The molecule has 0 unspecified atom stereocenters. The fraction of sp³-hybridized carbons (Fsp3) is 0.0667. The first-order valence-corrected chi connectivity index (χ1v) is 8.78. The maximum atomic E-state index is 12.5. The number of rotatable bonds is 3. The molecule has 2 aromatic rings. The smallest absolute Gasteiger partial charge is 0.406 e. The van der Waals surface area contributed by atoms with E-state index in [0.29, 0.717) is 5.69 Å². The molecule has 1 aromatic carbocycles. The number of amides is 1. The van der Waals surface area contributed by atoms with Gasteiger partial charge in [-0.3, -0.25) is 9.69 Å². The summed E-state index contributed by atoms with van der Waals surface area (Å²) >= 11 is 9.93. The highest BCUT2D eigenvalue weighted by atomic mass is 79.9. The zero-order chi connectivity index (χ0) is 18.2. The summed E-state index contributed by atoms with van der Waals surface area (Å²) in [5, 5.41) is 4.84. The van der Waals surface area contributed by atoms with Gasteiger partial charge in [-0.1, -0.05) is 0 Å². The van der Waals surface area contributed by atoms with Crippen molar-refractivity contribution < 1.29 is 22.7 Å². The summed E-state index contributed by atoms with van der Waals surface area (Å²) in [5.74, 6) is -0.764. The van der Waals surface area contributed by atoms with Crippen molar-refractivity contribution in [2.75, 3.05) is 4.90 Å². The molecule has 10 heteroatoms. The second-order valence-corrected chi connectivity index (χ2v) is 7.08. The van der Waals surface area contributed by atoms with Gasteiger partial charge in [-0.15, -0.1) is 24.5 Å². The Kier molecular flexibility index (Phi) is 4.85. The van der Waals surface area contributed by atoms with E-state index < -0.39 is 6.36 Å². The number of alkyl halides is 3. The van der Waals surface area contributed by atoms with E-state index in [4.69, 9.17) is 12.2 Å². The number of thiophene rings is 1. The summed E-state index contributed by atoms with van der Waals surface area (Å²) in [4.78, 5) is 14.6. The summed E-state index contributed by atoms with van der Waals surface area (Å²) in [6.45, 7) is 0. The van der Waals surface area contributed by atoms with Crippen molar-refractivity contribution in [3.8, 4) is 5.75 Å². The van der Waals surface area contributed by atoms with E-state index in [1.165, 1.54) is 28.4 Å². The molecule has 25 heavy (non-hydrogen) atoms. The number of carbonyl (C=O) groups excluding carboxylic acids is 1. The number of nitrogens with one attached hydrogen (secondary N) is 1. The maximum Gasteiger partial charge on any atom is 0.573 e. The van der Waals surface area contributed by atoms with Crippen LogP contribution in [0.15, 0.2) is 45.9 Å². The van der Waals surface area contributed by atoms with Gasteiger partial charge in [0, 0.05) is 14.7 Å². The second kappa shape index (κ2) is 6.77. The highest BCUT2D eigenvalue weighted by molar-refractivity contribution is 9.10. The summed E-state index contributed by atoms with van der Waals surface area (Å²) < 4.78 is 41.3. The van der Waals surface area contributed by atoms with Gasteiger partial charge in [-0.2, -0.15) is 0 Å². The monoisotopic (exact) mass is 448 g/mol. The zero-order valence-electron chi connectivity index (χ0n) is 12.1. The standard InChI is InChI=1S/C15H8BrF3N2O2S2/c16-8-5-11(25-7-8)6-12-13(22)21(14(24)20-12)9-1-3-10(4-2-9)23-15(17,18)19/h1-7H,(H,20,24). The second-order valence-electron chi connectivity index (χ2n) is 4.84. The van der Waals surface area contributed by atoms with E-state index in [1.54, 1.807) is 6.08 Å². The molecule has 1 N–H and O–H groups in total. The lowest BCUT2D eigenvalue weighted by Gasteiger charge is -2.15. The van der Waals surface area contributed by atoms with Crippen LogP contribution < -0.4 is 15.0 Å². The third-order valence-electron chi connectivity index (χ3n) is 3.08. The van der Waals surface area contributed by atoms with Gasteiger partial charge >= 0.3 is 6.36 Å². The van der Waals surface area contributed by atoms with Crippen LogP contribution in [-0.2, 0) is 4.79 Å². The van der Waals surface area contributed by atoms with Gasteiger partial charge in [0.2, 0.25) is 0 Å². The Labute approximate surface area is 158 Å². The lowest BCUT2D eigenvalue weighted by molar-refractivity contribution is -0.274. The first-order chi connectivity index (χ1) is 11.7. The third-order valence-corrected chi connectivity index (χ3v) is 5.01. The molecular formula is C15H8BrF3N2O2S2. The van der Waals surface area contributed by atoms with Crippen LogP contribution in [0.5, 0.6) is 5.75 Å². The molecule has 0 radical (unpaired) electrons. The summed E-state index contributed by atoms with van der Waals surface area (Å²) in [5.41, 5.74) is 0.628. The van der Waals surface area contributed by atoms with E-state index in [-0.39, 0.29) is 22.5 Å². The van der Waals surface area contributed by atoms with Crippen LogP contribution in [-0.4, -0.2) is 17.4 Å². The number of benzene rings is 1. The molecule has 4 nitrogen and oxygen atoms in total. The zero-order valence-corrected chi connectivity index (χ0v) is 15.4. The number of hydrogen-bond donors (Lipinski definition) is 1. The van der Waals surface area contributed by atoms with Crippen LogP contribution in [0.4, 0.5) is 18.9 Å². The molecule has 0 bridgehead atoms. The number of anilines is 1. The number of carbonyl (C=O) groups is 1. The van der Waals surface area contributed by atoms with Crippen LogP contribution in [0.2, 0.25) is 0 Å². The van der Waals surface area contributed by atoms with Crippen LogP contribution >= 0.6 is 39.5 Å². The van der Waals surface area contributed by atoms with Crippen molar-refractivity contribution >= 4 is 62.3 Å². The molecule has 1 saturated heterocycles. The summed E-state index contributed by atoms with van der Waals surface area (Å²) in [7, 11) is 0. The average molecular weight is 449 g/mol. The number of nitrogens with zero attached hydrogens (tertiary/aromatic N) is 1. The highest BCUT2D eigenvalue weighted by Crippen LogP contribution is 2.28. The van der Waals surface area contributed by atoms with Crippen molar-refractivity contribution in [2.24, 2.45) is 0 Å². The molecule has 1 aromatic heterocycles. The van der Waals surface area contributed by atoms with Crippen LogP contribution in [0.3, 0.4) is 0 Å². The Hall–Kier alpha value is -1.91. The topological polar surface area (TPSA) is 41.6 Å². The van der Waals surface area contributed by atoms with Gasteiger partial charge in [0.1, 0.15) is 11.4 Å². The highest BCUT2D eigenvalue weighted by Gasteiger charge is 2.33. The predicted octanol–water partition coefficient (Wildman–Crippen LogP) is 4.67. The lowest BCUT2D eigenvalue weighted by atomic mass is 10.2. The van der Waals surface area contributed by atoms with E-state index in [2.05, 4.69) is 26.0 Å². The summed E-state index contributed by atoms with van der Waals surface area (Å²) in [6.07, 6.45) is -3.11. The first kappa shape index (κ1) is 17.9. The molecule has 130 valence electrons. The number of thiocarbonyl (C=S) groups is 1. The Morgan fingerprint density at radius 3 is 2.52 bits per heavy atom. The van der Waals surface area contributed by atoms with E-state index in [9.17, 15) is 18.0 Å². The van der Waals surface area contributed by atoms with Gasteiger partial charge in [-0.05, 0) is 64.6 Å². The predicted molar refractivity (Wildman–Crippen MR) is 96.3 cm³/mol. The lowest BCUT2D eigenvalue weighted by Crippen LogP contribution is -2.30. The van der Waals surface area contributed by atoms with Gasteiger partial charge in [-0.25, -0.2) is 0 Å². The van der Waals surface area contributed by atoms with Crippen molar-refractivity contribution in [1.82, 2.24) is 5.32 Å². The number of hydrogen-bond acceptors (Lipinski definition) is 4. The molecule has 1 aliphatic heterocycles. The summed E-state index contributed by atoms with van der Waals surface area (Å²) in [6, 6.07) is 6.75. The minimum Gasteiger partial charge on any atom is -0.406 e. The van der Waals surface area contributed by atoms with Crippen LogP contribution in [0.1, 0.15) is 4.88 Å². The average Bonchev–Trinajstić information content (AvgIpc) is 3.03. The van der Waals surface area contributed by atoms with Crippen molar-refractivity contribution in [3.05, 3.63) is 50.8 Å². The molecule has 2 heterocycles. The Morgan fingerprint density at radius 1 is 1.28 bits per heavy atom. The minimum atomic E-state index is -4.77. The molecule has 3 rings (SSSR count). The van der Waals surface area contributed by atoms with Crippen molar-refractivity contribution in [3.63, 3.8) is 0 Å². The van der Waals surface area contributed by atoms with E-state index in [1.807, 2.05) is 11.4 Å². The fourth-order valence-corrected chi connectivity index (χ4v) is 3.79.